The van der Waals surface area contributed by atoms with Crippen molar-refractivity contribution >= 4 is 21.8 Å². The molecule has 1 aliphatic rings. The van der Waals surface area contributed by atoms with Gasteiger partial charge >= 0.3 is 6.09 Å². The number of rotatable bonds is 9. The molecule has 1 atom stereocenters. The molecular weight excluding hydrogens is 566 g/mol. The van der Waals surface area contributed by atoms with Crippen molar-refractivity contribution in [3.05, 3.63) is 84.8 Å². The van der Waals surface area contributed by atoms with E-state index in [0.717, 1.165) is 28.1 Å². The van der Waals surface area contributed by atoms with Gasteiger partial charge in [0.15, 0.2) is 5.03 Å². The van der Waals surface area contributed by atoms with Crippen molar-refractivity contribution in [3.63, 3.8) is 0 Å². The standard InChI is InChI=1S/C31H39N7O4S/c1-31(2,3)42-30(39)32-13-14-38(43(40,41)29-20-36(5)22-34-29)27-16-25-15-24(23-9-7-6-8-10-23)11-12-28(25)37(19-27)18-26-17-35(4)21-33-26/h6-12,15,17,20-22,27H,13-14,16,18-19H2,1-5H3,(H,32,39). The van der Waals surface area contributed by atoms with Crippen molar-refractivity contribution in [1.82, 2.24) is 28.7 Å². The third-order valence-corrected chi connectivity index (χ3v) is 9.02. The quantitative estimate of drug-likeness (QED) is 0.307. The summed E-state index contributed by atoms with van der Waals surface area (Å²) in [5, 5.41) is 2.69. The number of sulfonamides is 1. The molecule has 1 N–H and O–H groups in total. The number of aryl methyl sites for hydroxylation is 2. The predicted octanol–water partition coefficient (Wildman–Crippen LogP) is 3.97. The van der Waals surface area contributed by atoms with Crippen LogP contribution in [-0.2, 0) is 41.8 Å². The first-order valence-corrected chi connectivity index (χ1v) is 15.7. The number of hydrogen-bond acceptors (Lipinski definition) is 7. The van der Waals surface area contributed by atoms with Gasteiger partial charge in [-0.15, -0.1) is 0 Å². The van der Waals surface area contributed by atoms with E-state index in [1.165, 1.54) is 16.8 Å². The summed E-state index contributed by atoms with van der Waals surface area (Å²) < 4.78 is 38.5. The van der Waals surface area contributed by atoms with E-state index >= 15 is 0 Å². The van der Waals surface area contributed by atoms with Crippen LogP contribution in [0, 0.1) is 0 Å². The van der Waals surface area contributed by atoms with E-state index in [-0.39, 0.29) is 18.1 Å². The van der Waals surface area contributed by atoms with Gasteiger partial charge in [0, 0.05) is 57.9 Å². The number of alkyl carbamates (subject to hydrolysis) is 1. The molecule has 0 saturated carbocycles. The Bertz CT molecular complexity index is 1680. The van der Waals surface area contributed by atoms with Crippen LogP contribution >= 0.6 is 0 Å². The van der Waals surface area contributed by atoms with E-state index in [1.807, 2.05) is 36.0 Å². The lowest BCUT2D eigenvalue weighted by Gasteiger charge is -2.40. The van der Waals surface area contributed by atoms with Crippen LogP contribution in [0.25, 0.3) is 11.1 Å². The number of imidazole rings is 2. The molecule has 5 rings (SSSR count). The molecule has 43 heavy (non-hydrogen) atoms. The lowest BCUT2D eigenvalue weighted by Crippen LogP contribution is -2.52. The molecule has 1 unspecified atom stereocenters. The van der Waals surface area contributed by atoms with Crippen LogP contribution in [0.15, 0.2) is 78.6 Å². The summed E-state index contributed by atoms with van der Waals surface area (Å²) in [6, 6.07) is 16.0. The molecule has 2 aromatic carbocycles. The van der Waals surface area contributed by atoms with Gasteiger partial charge in [0.2, 0.25) is 0 Å². The van der Waals surface area contributed by atoms with Crippen LogP contribution < -0.4 is 10.2 Å². The molecule has 3 heterocycles. The van der Waals surface area contributed by atoms with E-state index in [0.29, 0.717) is 19.5 Å². The maximum absolute atomic E-state index is 14.1. The highest BCUT2D eigenvalue weighted by atomic mass is 32.2. The van der Waals surface area contributed by atoms with Crippen LogP contribution in [0.2, 0.25) is 0 Å². The van der Waals surface area contributed by atoms with Crippen molar-refractivity contribution < 1.29 is 17.9 Å². The number of aromatic nitrogens is 4. The molecule has 1 amide bonds. The SMILES string of the molecule is Cn1cnc(CN2CC(N(CCNC(=O)OC(C)(C)C)S(=O)(=O)c3cn(C)cn3)Cc3cc(-c4ccccc4)ccc32)c1. The number of carbonyl (C=O) groups is 1. The number of benzene rings is 2. The van der Waals surface area contributed by atoms with E-state index in [4.69, 9.17) is 4.74 Å². The number of fused-ring (bicyclic) bond motifs is 1. The summed E-state index contributed by atoms with van der Waals surface area (Å²) in [4.78, 5) is 23.3. The molecule has 228 valence electrons. The van der Waals surface area contributed by atoms with Gasteiger partial charge < -0.3 is 24.1 Å². The molecule has 0 radical (unpaired) electrons. The number of amides is 1. The average molecular weight is 606 g/mol. The highest BCUT2D eigenvalue weighted by Crippen LogP contribution is 2.35. The first-order chi connectivity index (χ1) is 20.4. The minimum Gasteiger partial charge on any atom is -0.444 e. The summed E-state index contributed by atoms with van der Waals surface area (Å²) in [6.07, 6.45) is 6.60. The van der Waals surface area contributed by atoms with Gasteiger partial charge in [0.1, 0.15) is 5.60 Å². The molecule has 0 saturated heterocycles. The van der Waals surface area contributed by atoms with Crippen LogP contribution in [0.5, 0.6) is 0 Å². The molecule has 11 nitrogen and oxygen atoms in total. The van der Waals surface area contributed by atoms with Crippen molar-refractivity contribution in [2.45, 2.75) is 50.4 Å². The third kappa shape index (κ3) is 7.26. The first kappa shape index (κ1) is 30.3. The van der Waals surface area contributed by atoms with Gasteiger partial charge in [-0.25, -0.2) is 23.2 Å². The maximum Gasteiger partial charge on any atom is 0.407 e. The third-order valence-electron chi connectivity index (χ3n) is 7.19. The van der Waals surface area contributed by atoms with Crippen molar-refractivity contribution in [1.29, 1.82) is 0 Å². The number of nitrogens with zero attached hydrogens (tertiary/aromatic N) is 6. The second-order valence-electron chi connectivity index (χ2n) is 11.9. The predicted molar refractivity (Wildman–Crippen MR) is 165 cm³/mol. The molecule has 0 aliphatic carbocycles. The number of anilines is 1. The highest BCUT2D eigenvalue weighted by molar-refractivity contribution is 7.89. The summed E-state index contributed by atoms with van der Waals surface area (Å²) in [7, 11) is -0.349. The monoisotopic (exact) mass is 605 g/mol. The van der Waals surface area contributed by atoms with E-state index in [1.54, 1.807) is 38.7 Å². The smallest absolute Gasteiger partial charge is 0.407 e. The molecule has 0 spiro atoms. The second-order valence-corrected chi connectivity index (χ2v) is 13.7. The molecule has 12 heteroatoms. The Hall–Kier alpha value is -4.16. The minimum atomic E-state index is -4.01. The van der Waals surface area contributed by atoms with E-state index in [2.05, 4.69) is 50.5 Å². The van der Waals surface area contributed by atoms with E-state index in [9.17, 15) is 13.2 Å². The average Bonchev–Trinajstić information content (AvgIpc) is 3.58. The van der Waals surface area contributed by atoms with Crippen LogP contribution in [0.4, 0.5) is 10.5 Å². The maximum atomic E-state index is 14.1. The molecule has 0 fully saturated rings. The van der Waals surface area contributed by atoms with Gasteiger partial charge in [-0.3, -0.25) is 0 Å². The Kier molecular flexibility index (Phi) is 8.61. The molecule has 0 bridgehead atoms. The Labute approximate surface area is 253 Å². The fourth-order valence-corrected chi connectivity index (χ4v) is 6.93. The lowest BCUT2D eigenvalue weighted by atomic mass is 9.93. The van der Waals surface area contributed by atoms with E-state index < -0.39 is 27.8 Å². The molecule has 1 aliphatic heterocycles. The number of hydrogen-bond donors (Lipinski definition) is 1. The van der Waals surface area contributed by atoms with Crippen LogP contribution in [0.3, 0.4) is 0 Å². The zero-order valence-electron chi connectivity index (χ0n) is 25.3. The van der Waals surface area contributed by atoms with Crippen molar-refractivity contribution in [2.75, 3.05) is 24.5 Å². The zero-order valence-corrected chi connectivity index (χ0v) is 26.1. The Morgan fingerprint density at radius 3 is 2.40 bits per heavy atom. The van der Waals surface area contributed by atoms with Crippen LogP contribution in [0.1, 0.15) is 32.0 Å². The molecule has 2 aromatic heterocycles. The van der Waals surface area contributed by atoms with Crippen molar-refractivity contribution in [2.24, 2.45) is 14.1 Å². The van der Waals surface area contributed by atoms with Gasteiger partial charge in [-0.1, -0.05) is 36.4 Å². The Balaban J connectivity index is 1.50. The number of carbonyl (C=O) groups excluding carboxylic acids is 1. The normalized spacial score (nSPS) is 15.4. The zero-order chi connectivity index (χ0) is 30.8. The Morgan fingerprint density at radius 1 is 1.02 bits per heavy atom. The fourth-order valence-electron chi connectivity index (χ4n) is 5.35. The first-order valence-electron chi connectivity index (χ1n) is 14.3. The van der Waals surface area contributed by atoms with Gasteiger partial charge in [-0.2, -0.15) is 4.31 Å². The summed E-state index contributed by atoms with van der Waals surface area (Å²) in [6.45, 7) is 6.43. The highest BCUT2D eigenvalue weighted by Gasteiger charge is 2.37. The van der Waals surface area contributed by atoms with Crippen LogP contribution in [-0.4, -0.2) is 69.2 Å². The molecule has 4 aromatic rings. The topological polar surface area (TPSA) is 115 Å². The summed E-state index contributed by atoms with van der Waals surface area (Å²) in [5.41, 5.74) is 4.44. The van der Waals surface area contributed by atoms with Gasteiger partial charge in [-0.05, 0) is 56.0 Å². The van der Waals surface area contributed by atoms with Crippen molar-refractivity contribution in [3.8, 4) is 11.1 Å². The Morgan fingerprint density at radius 2 is 1.74 bits per heavy atom. The van der Waals surface area contributed by atoms with Gasteiger partial charge in [0.25, 0.3) is 10.0 Å². The largest absolute Gasteiger partial charge is 0.444 e. The minimum absolute atomic E-state index is 0.0348. The second kappa shape index (κ2) is 12.2. The number of ether oxygens (including phenoxy) is 1. The lowest BCUT2D eigenvalue weighted by molar-refractivity contribution is 0.0524. The fraction of sp³-hybridized carbons (Fsp3) is 0.387. The number of nitrogens with one attached hydrogen (secondary N) is 1. The molecular formula is C31H39N7O4S. The summed E-state index contributed by atoms with van der Waals surface area (Å²) in [5.74, 6) is 0. The summed E-state index contributed by atoms with van der Waals surface area (Å²) >= 11 is 0. The van der Waals surface area contributed by atoms with Gasteiger partial charge in [0.05, 0.1) is 24.9 Å².